The molecule has 1 saturated heterocycles. The third kappa shape index (κ3) is 6.04. The van der Waals surface area contributed by atoms with Crippen molar-refractivity contribution in [2.45, 2.75) is 37.3 Å². The van der Waals surface area contributed by atoms with Crippen molar-refractivity contribution in [3.63, 3.8) is 0 Å². The third-order valence-corrected chi connectivity index (χ3v) is 9.71. The highest BCUT2D eigenvalue weighted by atomic mass is 32.2. The van der Waals surface area contributed by atoms with Gasteiger partial charge in [0.05, 0.1) is 33.3 Å². The minimum atomic E-state index is -4.82. The molecule has 43 heavy (non-hydrogen) atoms. The average Bonchev–Trinajstić information content (AvgIpc) is 3.21. The number of benzene rings is 2. The molecule has 2 amide bonds. The van der Waals surface area contributed by atoms with Crippen LogP contribution in [0.15, 0.2) is 70.8 Å². The zero-order chi connectivity index (χ0) is 30.9. The second kappa shape index (κ2) is 11.9. The molecule has 0 aliphatic carbocycles. The zero-order valence-corrected chi connectivity index (χ0v) is 24.1. The number of imide groups is 1. The minimum Gasteiger partial charge on any atom is -0.301 e. The lowest BCUT2D eigenvalue weighted by Gasteiger charge is -2.34. The van der Waals surface area contributed by atoms with Crippen molar-refractivity contribution in [3.05, 3.63) is 77.0 Å². The fourth-order valence-corrected chi connectivity index (χ4v) is 6.87. The lowest BCUT2D eigenvalue weighted by Crippen LogP contribution is -2.48. The highest BCUT2D eigenvalue weighted by Crippen LogP contribution is 2.37. The van der Waals surface area contributed by atoms with Crippen molar-refractivity contribution in [1.82, 2.24) is 14.2 Å². The maximum absolute atomic E-state index is 13.4. The minimum absolute atomic E-state index is 0.186. The topological polar surface area (TPSA) is 115 Å². The Bertz CT molecular complexity index is 1770. The summed E-state index contributed by atoms with van der Waals surface area (Å²) in [6.45, 7) is 3.91. The molecule has 0 bridgehead atoms. The number of pyridine rings is 1. The molecule has 3 aromatic rings. The number of anilines is 1. The number of halogens is 3. The standard InChI is InChI=1S/C30H28F3N5O4S/c1-20-25(29(40)38(28(20)39)23-8-7-22(19-34)26(18-23)30(31,32)33)6-2-3-12-36-13-15-37(16-14-36)43(41,42)24-9-10-27-21(17-24)5-4-11-35-27/h4-5,7-11,17-18H,2-3,6,12-16H2,1H3. The number of hydrogen-bond donors (Lipinski definition) is 0. The SMILES string of the molecule is CC1=C(CCCCN2CCN(S(=O)(=O)c3ccc4ncccc4c3)CC2)C(=O)N(c2ccc(C#N)c(C(F)(F)F)c2)C1=O. The molecule has 0 radical (unpaired) electrons. The molecule has 2 aliphatic heterocycles. The first-order valence-corrected chi connectivity index (χ1v) is 15.1. The summed E-state index contributed by atoms with van der Waals surface area (Å²) in [6, 6.07) is 12.7. The monoisotopic (exact) mass is 611 g/mol. The van der Waals surface area contributed by atoms with Crippen molar-refractivity contribution in [3.8, 4) is 6.07 Å². The lowest BCUT2D eigenvalue weighted by molar-refractivity contribution is -0.138. The number of unbranched alkanes of at least 4 members (excludes halogenated alkanes) is 1. The molecular weight excluding hydrogens is 583 g/mol. The van der Waals surface area contributed by atoms with Gasteiger partial charge in [0.15, 0.2) is 0 Å². The Labute approximate surface area is 246 Å². The molecule has 0 saturated carbocycles. The number of carbonyl (C=O) groups is 2. The summed E-state index contributed by atoms with van der Waals surface area (Å²) in [4.78, 5) is 33.2. The van der Waals surface area contributed by atoms with Gasteiger partial charge in [0.1, 0.15) is 0 Å². The number of nitriles is 1. The molecule has 0 unspecified atom stereocenters. The van der Waals surface area contributed by atoms with E-state index in [9.17, 15) is 31.2 Å². The van der Waals surface area contributed by atoms with E-state index in [1.165, 1.54) is 17.3 Å². The van der Waals surface area contributed by atoms with E-state index in [0.717, 1.165) is 27.9 Å². The summed E-state index contributed by atoms with van der Waals surface area (Å²) in [5, 5.41) is 9.78. The number of aromatic nitrogens is 1. The first-order chi connectivity index (χ1) is 20.4. The molecule has 1 fully saturated rings. The van der Waals surface area contributed by atoms with E-state index < -0.39 is 39.1 Å². The summed E-state index contributed by atoms with van der Waals surface area (Å²) < 4.78 is 68.2. The van der Waals surface area contributed by atoms with Gasteiger partial charge in [0.2, 0.25) is 10.0 Å². The van der Waals surface area contributed by atoms with Gasteiger partial charge in [-0.1, -0.05) is 6.07 Å². The van der Waals surface area contributed by atoms with Crippen LogP contribution in [0.5, 0.6) is 0 Å². The quantitative estimate of drug-likeness (QED) is 0.272. The molecule has 2 aromatic carbocycles. The van der Waals surface area contributed by atoms with Gasteiger partial charge in [-0.05, 0) is 75.2 Å². The van der Waals surface area contributed by atoms with Crippen LogP contribution < -0.4 is 4.90 Å². The molecule has 13 heteroatoms. The molecule has 0 N–H and O–H groups in total. The number of nitrogens with zero attached hydrogens (tertiary/aromatic N) is 5. The van der Waals surface area contributed by atoms with Gasteiger partial charge in [0.25, 0.3) is 11.8 Å². The van der Waals surface area contributed by atoms with Crippen LogP contribution in [0.2, 0.25) is 0 Å². The third-order valence-electron chi connectivity index (χ3n) is 7.82. The highest BCUT2D eigenvalue weighted by molar-refractivity contribution is 7.89. The van der Waals surface area contributed by atoms with Crippen molar-refractivity contribution in [2.75, 3.05) is 37.6 Å². The Morgan fingerprint density at radius 1 is 0.977 bits per heavy atom. The lowest BCUT2D eigenvalue weighted by atomic mass is 10.0. The predicted octanol–water partition coefficient (Wildman–Crippen LogP) is 4.49. The van der Waals surface area contributed by atoms with Crippen LogP contribution in [0.3, 0.4) is 0 Å². The van der Waals surface area contributed by atoms with Crippen LogP contribution in [0, 0.1) is 11.3 Å². The molecule has 0 spiro atoms. The van der Waals surface area contributed by atoms with Crippen LogP contribution in [0.1, 0.15) is 37.3 Å². The van der Waals surface area contributed by atoms with E-state index in [1.54, 1.807) is 30.5 Å². The van der Waals surface area contributed by atoms with Gasteiger partial charge in [0, 0.05) is 48.9 Å². The van der Waals surface area contributed by atoms with Crippen molar-refractivity contribution < 1.29 is 31.2 Å². The summed E-state index contributed by atoms with van der Waals surface area (Å²) in [7, 11) is -3.65. The first kappa shape index (κ1) is 30.3. The fraction of sp³-hybridized carbons (Fsp3) is 0.333. The van der Waals surface area contributed by atoms with Crippen LogP contribution in [-0.4, -0.2) is 67.1 Å². The van der Waals surface area contributed by atoms with Gasteiger partial charge < -0.3 is 4.90 Å². The average molecular weight is 612 g/mol. The number of amides is 2. The Hall–Kier alpha value is -4.12. The van der Waals surface area contributed by atoms with Crippen LogP contribution in [0.4, 0.5) is 18.9 Å². The molecule has 1 aromatic heterocycles. The van der Waals surface area contributed by atoms with Crippen LogP contribution in [0.25, 0.3) is 10.9 Å². The van der Waals surface area contributed by atoms with Gasteiger partial charge in [-0.3, -0.25) is 14.6 Å². The second-order valence-corrected chi connectivity index (χ2v) is 12.4. The summed E-state index contributed by atoms with van der Waals surface area (Å²) in [5.74, 6) is -1.35. The van der Waals surface area contributed by atoms with Crippen molar-refractivity contribution >= 4 is 38.4 Å². The van der Waals surface area contributed by atoms with E-state index in [0.29, 0.717) is 51.6 Å². The molecule has 224 valence electrons. The Kier molecular flexibility index (Phi) is 8.38. The normalized spacial score (nSPS) is 17.2. The fourth-order valence-electron chi connectivity index (χ4n) is 5.41. The number of hydrogen-bond acceptors (Lipinski definition) is 7. The van der Waals surface area contributed by atoms with Gasteiger partial charge in [-0.15, -0.1) is 0 Å². The molecule has 9 nitrogen and oxygen atoms in total. The number of rotatable bonds is 8. The van der Waals surface area contributed by atoms with Crippen molar-refractivity contribution in [2.24, 2.45) is 0 Å². The van der Waals surface area contributed by atoms with E-state index in [1.807, 2.05) is 6.07 Å². The number of alkyl halides is 3. The Morgan fingerprint density at radius 2 is 1.72 bits per heavy atom. The Morgan fingerprint density at radius 3 is 2.42 bits per heavy atom. The van der Waals surface area contributed by atoms with Gasteiger partial charge in [-0.2, -0.15) is 22.7 Å². The van der Waals surface area contributed by atoms with Crippen LogP contribution >= 0.6 is 0 Å². The Balaban J connectivity index is 1.14. The van der Waals surface area contributed by atoms with E-state index in [-0.39, 0.29) is 28.1 Å². The summed E-state index contributed by atoms with van der Waals surface area (Å²) in [6.07, 6.45) is -1.65. The van der Waals surface area contributed by atoms with E-state index >= 15 is 0 Å². The number of fused-ring (bicyclic) bond motifs is 1. The summed E-state index contributed by atoms with van der Waals surface area (Å²) >= 11 is 0. The molecular formula is C30H28F3N5O4S. The summed E-state index contributed by atoms with van der Waals surface area (Å²) in [5.41, 5.74) is -0.871. The molecule has 2 aliphatic rings. The van der Waals surface area contributed by atoms with Gasteiger partial charge >= 0.3 is 6.18 Å². The largest absolute Gasteiger partial charge is 0.417 e. The van der Waals surface area contributed by atoms with Gasteiger partial charge in [-0.25, -0.2) is 13.3 Å². The van der Waals surface area contributed by atoms with Crippen LogP contribution in [-0.2, 0) is 25.8 Å². The van der Waals surface area contributed by atoms with Crippen molar-refractivity contribution in [1.29, 1.82) is 5.26 Å². The maximum Gasteiger partial charge on any atom is 0.417 e. The zero-order valence-electron chi connectivity index (χ0n) is 23.3. The highest BCUT2D eigenvalue weighted by Gasteiger charge is 2.39. The van der Waals surface area contributed by atoms with E-state index in [2.05, 4.69) is 9.88 Å². The number of piperazine rings is 1. The van der Waals surface area contributed by atoms with E-state index in [4.69, 9.17) is 5.26 Å². The number of carbonyl (C=O) groups excluding carboxylic acids is 2. The second-order valence-electron chi connectivity index (χ2n) is 10.4. The maximum atomic E-state index is 13.4. The molecule has 5 rings (SSSR count). The molecule has 0 atom stereocenters. The first-order valence-electron chi connectivity index (χ1n) is 13.7. The smallest absolute Gasteiger partial charge is 0.301 e. The number of sulfonamides is 1. The molecule has 3 heterocycles. The predicted molar refractivity (Wildman–Crippen MR) is 152 cm³/mol.